The topological polar surface area (TPSA) is 67.8 Å². The van der Waals surface area contributed by atoms with Crippen molar-refractivity contribution in [2.45, 2.75) is 6.10 Å². The third kappa shape index (κ3) is 9.99. The smallest absolute Gasteiger partial charge is 0.230 e. The maximum Gasteiger partial charge on any atom is 0.230 e. The van der Waals surface area contributed by atoms with Crippen molar-refractivity contribution in [1.82, 2.24) is 5.32 Å². The van der Waals surface area contributed by atoms with Crippen LogP contribution in [-0.4, -0.2) is 62.6 Å². The summed E-state index contributed by atoms with van der Waals surface area (Å²) in [5, 5.41) is 11.9. The lowest BCUT2D eigenvalue weighted by atomic mass is 10.4. The van der Waals surface area contributed by atoms with E-state index >= 15 is 0 Å². The summed E-state index contributed by atoms with van der Waals surface area (Å²) in [4.78, 5) is 11.2. The fourth-order valence-electron chi connectivity index (χ4n) is 0.841. The van der Waals surface area contributed by atoms with Gasteiger partial charge in [-0.25, -0.2) is 0 Å². The van der Waals surface area contributed by atoms with Gasteiger partial charge < -0.3 is 19.9 Å². The highest BCUT2D eigenvalue weighted by Crippen LogP contribution is 1.98. The number of nitrogens with one attached hydrogen (secondary N) is 1. The van der Waals surface area contributed by atoms with Crippen molar-refractivity contribution in [3.05, 3.63) is 0 Å². The molecule has 1 amide bonds. The molecule has 1 atom stereocenters. The Kier molecular flexibility index (Phi) is 10.0. The molecule has 0 aromatic heterocycles. The van der Waals surface area contributed by atoms with Crippen LogP contribution in [0.3, 0.4) is 0 Å². The van der Waals surface area contributed by atoms with E-state index in [0.717, 1.165) is 5.75 Å². The van der Waals surface area contributed by atoms with Crippen molar-refractivity contribution in [2.24, 2.45) is 0 Å². The molecule has 0 aliphatic rings. The van der Waals surface area contributed by atoms with E-state index in [0.29, 0.717) is 12.4 Å². The minimum absolute atomic E-state index is 0.0775. The van der Waals surface area contributed by atoms with Crippen LogP contribution in [0.15, 0.2) is 0 Å². The van der Waals surface area contributed by atoms with E-state index in [4.69, 9.17) is 9.47 Å². The van der Waals surface area contributed by atoms with E-state index in [-0.39, 0.29) is 19.1 Å². The number of carbonyl (C=O) groups excluding carboxylic acids is 1. The number of aliphatic hydroxyl groups is 1. The highest BCUT2D eigenvalue weighted by Gasteiger charge is 2.06. The van der Waals surface area contributed by atoms with E-state index in [1.807, 2.05) is 0 Å². The summed E-state index contributed by atoms with van der Waals surface area (Å²) in [6.45, 7) is 1.11. The third-order valence-corrected chi connectivity index (χ3v) is 2.48. The Bertz CT molecular complexity index is 168. The predicted octanol–water partition coefficient (Wildman–Crippen LogP) is -0.510. The summed E-state index contributed by atoms with van der Waals surface area (Å²) in [5.41, 5.74) is 0. The van der Waals surface area contributed by atoms with Crippen LogP contribution >= 0.6 is 11.8 Å². The summed E-state index contributed by atoms with van der Waals surface area (Å²) in [7, 11) is 3.13. The fraction of sp³-hybridized carbons (Fsp3) is 0.889. The Balaban J connectivity index is 3.32. The standard InChI is InChI=1S/C9H19NO4S/c1-13-3-4-15-7-9(12)10-5-8(11)6-14-2/h8,11H,3-7H2,1-2H3,(H,10,12). The number of aliphatic hydroxyl groups excluding tert-OH is 1. The number of hydrogen-bond donors (Lipinski definition) is 2. The zero-order valence-corrected chi connectivity index (χ0v) is 10.0. The average Bonchev–Trinajstić information content (AvgIpc) is 2.22. The van der Waals surface area contributed by atoms with Gasteiger partial charge in [0.05, 0.1) is 25.1 Å². The zero-order valence-electron chi connectivity index (χ0n) is 9.19. The minimum atomic E-state index is -0.636. The van der Waals surface area contributed by atoms with Crippen LogP contribution in [0.2, 0.25) is 0 Å². The SMILES string of the molecule is COCCSCC(=O)NCC(O)COC. The van der Waals surface area contributed by atoms with Crippen molar-refractivity contribution >= 4 is 17.7 Å². The lowest BCUT2D eigenvalue weighted by Gasteiger charge is -2.10. The van der Waals surface area contributed by atoms with Gasteiger partial charge in [-0.2, -0.15) is 0 Å². The molecule has 0 heterocycles. The Labute approximate surface area is 94.5 Å². The third-order valence-electron chi connectivity index (χ3n) is 1.56. The van der Waals surface area contributed by atoms with Gasteiger partial charge in [-0.15, -0.1) is 11.8 Å². The molecule has 90 valence electrons. The first-order valence-electron chi connectivity index (χ1n) is 4.71. The summed E-state index contributed by atoms with van der Waals surface area (Å²) < 4.78 is 9.57. The number of carbonyl (C=O) groups is 1. The lowest BCUT2D eigenvalue weighted by Crippen LogP contribution is -2.35. The highest BCUT2D eigenvalue weighted by atomic mass is 32.2. The van der Waals surface area contributed by atoms with Gasteiger partial charge in [0.1, 0.15) is 0 Å². The van der Waals surface area contributed by atoms with Crippen molar-refractivity contribution in [3.63, 3.8) is 0 Å². The second-order valence-electron chi connectivity index (χ2n) is 2.96. The molecule has 0 fully saturated rings. The van der Waals surface area contributed by atoms with Gasteiger partial charge in [-0.3, -0.25) is 4.79 Å². The average molecular weight is 237 g/mol. The van der Waals surface area contributed by atoms with Crippen LogP contribution in [0.1, 0.15) is 0 Å². The first-order valence-corrected chi connectivity index (χ1v) is 5.86. The van der Waals surface area contributed by atoms with Crippen molar-refractivity contribution < 1.29 is 19.4 Å². The second-order valence-corrected chi connectivity index (χ2v) is 4.06. The Morgan fingerprint density at radius 3 is 2.80 bits per heavy atom. The molecule has 0 rings (SSSR count). The fourth-order valence-corrected chi connectivity index (χ4v) is 1.56. The molecule has 6 heteroatoms. The Morgan fingerprint density at radius 1 is 1.47 bits per heavy atom. The van der Waals surface area contributed by atoms with E-state index in [2.05, 4.69) is 5.32 Å². The second kappa shape index (κ2) is 10.2. The number of rotatable bonds is 9. The molecular weight excluding hydrogens is 218 g/mol. The molecule has 0 aromatic rings. The molecule has 0 saturated heterocycles. The van der Waals surface area contributed by atoms with E-state index < -0.39 is 6.10 Å². The number of thioether (sulfide) groups is 1. The lowest BCUT2D eigenvalue weighted by molar-refractivity contribution is -0.119. The Hall–Kier alpha value is -0.300. The van der Waals surface area contributed by atoms with Gasteiger partial charge in [0.25, 0.3) is 0 Å². The maximum absolute atomic E-state index is 11.2. The molecule has 0 aromatic carbocycles. The van der Waals surface area contributed by atoms with Gasteiger partial charge in [-0.05, 0) is 0 Å². The van der Waals surface area contributed by atoms with Crippen molar-refractivity contribution in [2.75, 3.05) is 45.5 Å². The highest BCUT2D eigenvalue weighted by molar-refractivity contribution is 7.99. The molecule has 0 spiro atoms. The number of amides is 1. The summed E-state index contributed by atoms with van der Waals surface area (Å²) in [6, 6.07) is 0. The summed E-state index contributed by atoms with van der Waals surface area (Å²) in [6.07, 6.45) is -0.636. The van der Waals surface area contributed by atoms with E-state index in [1.165, 1.54) is 18.9 Å². The number of methoxy groups -OCH3 is 2. The van der Waals surface area contributed by atoms with E-state index in [1.54, 1.807) is 7.11 Å². The van der Waals surface area contributed by atoms with Crippen molar-refractivity contribution in [3.8, 4) is 0 Å². The maximum atomic E-state index is 11.2. The quantitative estimate of drug-likeness (QED) is 0.529. The molecule has 15 heavy (non-hydrogen) atoms. The molecule has 0 aliphatic carbocycles. The monoisotopic (exact) mass is 237 g/mol. The molecule has 0 radical (unpaired) electrons. The number of ether oxygens (including phenoxy) is 2. The van der Waals surface area contributed by atoms with Gasteiger partial charge in [0.2, 0.25) is 5.91 Å². The van der Waals surface area contributed by atoms with Crippen molar-refractivity contribution in [1.29, 1.82) is 0 Å². The van der Waals surface area contributed by atoms with Crippen LogP contribution in [-0.2, 0) is 14.3 Å². The largest absolute Gasteiger partial charge is 0.389 e. The van der Waals surface area contributed by atoms with E-state index in [9.17, 15) is 9.90 Å². The van der Waals surface area contributed by atoms with Gasteiger partial charge in [0.15, 0.2) is 0 Å². The van der Waals surface area contributed by atoms with Gasteiger partial charge in [-0.1, -0.05) is 0 Å². The predicted molar refractivity (Wildman–Crippen MR) is 60.1 cm³/mol. The Morgan fingerprint density at radius 2 is 2.20 bits per heavy atom. The molecular formula is C9H19NO4S. The first-order chi connectivity index (χ1) is 7.20. The molecule has 1 unspecified atom stereocenters. The van der Waals surface area contributed by atoms with Crippen LogP contribution in [0, 0.1) is 0 Å². The normalized spacial score (nSPS) is 12.5. The first kappa shape index (κ1) is 14.7. The molecule has 0 bridgehead atoms. The zero-order chi connectivity index (χ0) is 11.5. The van der Waals surface area contributed by atoms with Crippen LogP contribution in [0.4, 0.5) is 0 Å². The summed E-state index contributed by atoms with van der Waals surface area (Å²) >= 11 is 1.50. The van der Waals surface area contributed by atoms with Gasteiger partial charge >= 0.3 is 0 Å². The van der Waals surface area contributed by atoms with Crippen LogP contribution in [0.25, 0.3) is 0 Å². The van der Waals surface area contributed by atoms with Crippen LogP contribution in [0.5, 0.6) is 0 Å². The summed E-state index contributed by atoms with van der Waals surface area (Å²) in [5.74, 6) is 1.11. The minimum Gasteiger partial charge on any atom is -0.389 e. The molecule has 5 nitrogen and oxygen atoms in total. The number of hydrogen-bond acceptors (Lipinski definition) is 5. The van der Waals surface area contributed by atoms with Crippen LogP contribution < -0.4 is 5.32 Å². The molecule has 2 N–H and O–H groups in total. The van der Waals surface area contributed by atoms with Gasteiger partial charge in [0, 0.05) is 26.5 Å². The molecule has 0 saturated carbocycles. The molecule has 0 aliphatic heterocycles.